The molecule has 3 heteroatoms. The molecular weight excluding hydrogens is 216 g/mol. The Morgan fingerprint density at radius 3 is 3.25 bits per heavy atom. The van der Waals surface area contributed by atoms with Crippen LogP contribution >= 0.6 is 11.3 Å². The first kappa shape index (κ1) is 8.53. The van der Waals surface area contributed by atoms with Gasteiger partial charge in [0.25, 0.3) is 0 Å². The third kappa shape index (κ3) is 0.938. The van der Waals surface area contributed by atoms with Crippen molar-refractivity contribution in [3.63, 3.8) is 0 Å². The Morgan fingerprint density at radius 2 is 2.31 bits per heavy atom. The molecule has 0 atom stereocenters. The first-order chi connectivity index (χ1) is 7.83. The Kier molecular flexibility index (Phi) is 1.46. The van der Waals surface area contributed by atoms with Crippen LogP contribution < -0.4 is 0 Å². The molecule has 1 aliphatic carbocycles. The predicted molar refractivity (Wildman–Crippen MR) is 66.0 cm³/mol. The number of rotatable bonds is 0. The van der Waals surface area contributed by atoms with Gasteiger partial charge in [0, 0.05) is 23.6 Å². The van der Waals surface area contributed by atoms with Crippen molar-refractivity contribution < 1.29 is 0 Å². The Morgan fingerprint density at radius 1 is 1.38 bits per heavy atom. The number of hydrogen-bond donors (Lipinski definition) is 0. The van der Waals surface area contributed by atoms with E-state index in [9.17, 15) is 0 Å². The van der Waals surface area contributed by atoms with Crippen LogP contribution in [-0.2, 0) is 6.42 Å². The zero-order chi connectivity index (χ0) is 10.7. The third-order valence-electron chi connectivity index (χ3n) is 3.24. The minimum absolute atomic E-state index is 1.02. The lowest BCUT2D eigenvalue weighted by Crippen LogP contribution is -1.87. The van der Waals surface area contributed by atoms with Gasteiger partial charge in [0.15, 0.2) is 4.96 Å². The standard InChI is InChI=1S/C13H10N2S/c1-8-2-3-9-7-11-12(10(9)6-8)14-13-15(11)4-5-16-13/h2-6H,7H2,1H3. The molecule has 1 aromatic carbocycles. The molecule has 0 unspecified atom stereocenters. The molecular formula is C13H10N2S. The molecule has 0 radical (unpaired) electrons. The van der Waals surface area contributed by atoms with E-state index < -0.39 is 0 Å². The number of imidazole rings is 1. The van der Waals surface area contributed by atoms with Gasteiger partial charge in [0.2, 0.25) is 0 Å². The highest BCUT2D eigenvalue weighted by Gasteiger charge is 2.24. The number of benzene rings is 1. The third-order valence-corrected chi connectivity index (χ3v) is 4.00. The fourth-order valence-corrected chi connectivity index (χ4v) is 3.20. The highest BCUT2D eigenvalue weighted by Crippen LogP contribution is 2.37. The SMILES string of the molecule is Cc1ccc2c(c1)-c1nc3sccn3c1C2. The Hall–Kier alpha value is -1.61. The van der Waals surface area contributed by atoms with E-state index in [1.165, 1.54) is 28.1 Å². The molecule has 2 nitrogen and oxygen atoms in total. The summed E-state index contributed by atoms with van der Waals surface area (Å²) in [5.41, 5.74) is 6.57. The van der Waals surface area contributed by atoms with Crippen LogP contribution in [0.3, 0.4) is 0 Å². The second-order valence-corrected chi connectivity index (χ2v) is 5.17. The van der Waals surface area contributed by atoms with Gasteiger partial charge in [-0.3, -0.25) is 4.40 Å². The van der Waals surface area contributed by atoms with Crippen LogP contribution in [-0.4, -0.2) is 9.38 Å². The van der Waals surface area contributed by atoms with Crippen molar-refractivity contribution in [3.8, 4) is 11.3 Å². The number of thiazole rings is 1. The Bertz CT molecular complexity index is 706. The lowest BCUT2D eigenvalue weighted by molar-refractivity contribution is 1.07. The fourth-order valence-electron chi connectivity index (χ4n) is 2.46. The van der Waals surface area contributed by atoms with Crippen LogP contribution in [0.15, 0.2) is 29.8 Å². The van der Waals surface area contributed by atoms with E-state index >= 15 is 0 Å². The molecule has 78 valence electrons. The Labute approximate surface area is 97.2 Å². The quantitative estimate of drug-likeness (QED) is 0.450. The predicted octanol–water partition coefficient (Wildman–Crippen LogP) is 3.28. The average Bonchev–Trinajstić information content (AvgIpc) is 2.88. The number of aromatic nitrogens is 2. The van der Waals surface area contributed by atoms with Crippen molar-refractivity contribution in [3.05, 3.63) is 46.6 Å². The van der Waals surface area contributed by atoms with E-state index in [0.717, 1.165) is 11.4 Å². The van der Waals surface area contributed by atoms with Gasteiger partial charge in [0.05, 0.1) is 11.4 Å². The monoisotopic (exact) mass is 226 g/mol. The van der Waals surface area contributed by atoms with Gasteiger partial charge in [-0.2, -0.15) is 0 Å². The van der Waals surface area contributed by atoms with Gasteiger partial charge in [0.1, 0.15) is 0 Å². The Balaban J connectivity index is 2.09. The van der Waals surface area contributed by atoms with Crippen LogP contribution in [0.5, 0.6) is 0 Å². The molecule has 4 rings (SSSR count). The summed E-state index contributed by atoms with van der Waals surface area (Å²) in [6.45, 7) is 2.14. The minimum atomic E-state index is 1.02. The van der Waals surface area contributed by atoms with Crippen molar-refractivity contribution in [2.45, 2.75) is 13.3 Å². The lowest BCUT2D eigenvalue weighted by Gasteiger charge is -1.99. The van der Waals surface area contributed by atoms with Crippen LogP contribution in [0.4, 0.5) is 0 Å². The number of aryl methyl sites for hydroxylation is 1. The van der Waals surface area contributed by atoms with E-state index in [1.807, 2.05) is 0 Å². The lowest BCUT2D eigenvalue weighted by atomic mass is 10.1. The summed E-state index contributed by atoms with van der Waals surface area (Å²) in [4.78, 5) is 5.83. The molecule has 2 aromatic heterocycles. The molecule has 0 fully saturated rings. The number of fused-ring (bicyclic) bond motifs is 5. The summed E-state index contributed by atoms with van der Waals surface area (Å²) in [7, 11) is 0. The molecule has 0 amide bonds. The molecule has 1 aliphatic rings. The smallest absolute Gasteiger partial charge is 0.194 e. The molecule has 16 heavy (non-hydrogen) atoms. The van der Waals surface area contributed by atoms with Crippen molar-refractivity contribution in [1.29, 1.82) is 0 Å². The van der Waals surface area contributed by atoms with Crippen LogP contribution in [0.25, 0.3) is 16.2 Å². The van der Waals surface area contributed by atoms with Crippen molar-refractivity contribution >= 4 is 16.3 Å². The minimum Gasteiger partial charge on any atom is -0.294 e. The molecule has 0 aliphatic heterocycles. The molecule has 3 aromatic rings. The summed E-state index contributed by atoms with van der Waals surface area (Å²) in [6.07, 6.45) is 3.13. The molecule has 0 saturated carbocycles. The summed E-state index contributed by atoms with van der Waals surface area (Å²) in [6, 6.07) is 6.66. The average molecular weight is 226 g/mol. The molecule has 0 N–H and O–H groups in total. The maximum atomic E-state index is 4.72. The molecule has 0 saturated heterocycles. The molecule has 2 heterocycles. The normalized spacial score (nSPS) is 13.1. The largest absolute Gasteiger partial charge is 0.294 e. The maximum absolute atomic E-state index is 4.72. The summed E-state index contributed by atoms with van der Waals surface area (Å²) < 4.78 is 2.22. The van der Waals surface area contributed by atoms with Gasteiger partial charge in [-0.1, -0.05) is 17.7 Å². The topological polar surface area (TPSA) is 17.3 Å². The van der Waals surface area contributed by atoms with Crippen LogP contribution in [0.1, 0.15) is 16.8 Å². The van der Waals surface area contributed by atoms with E-state index in [1.54, 1.807) is 11.3 Å². The highest BCUT2D eigenvalue weighted by molar-refractivity contribution is 7.15. The van der Waals surface area contributed by atoms with E-state index in [-0.39, 0.29) is 0 Å². The van der Waals surface area contributed by atoms with Gasteiger partial charge in [-0.25, -0.2) is 4.98 Å². The van der Waals surface area contributed by atoms with Gasteiger partial charge >= 0.3 is 0 Å². The van der Waals surface area contributed by atoms with Crippen LogP contribution in [0.2, 0.25) is 0 Å². The fraction of sp³-hybridized carbons (Fsp3) is 0.154. The van der Waals surface area contributed by atoms with Gasteiger partial charge in [-0.15, -0.1) is 11.3 Å². The second kappa shape index (κ2) is 2.74. The molecule has 0 spiro atoms. The van der Waals surface area contributed by atoms with Gasteiger partial charge < -0.3 is 0 Å². The first-order valence-electron chi connectivity index (χ1n) is 5.37. The maximum Gasteiger partial charge on any atom is 0.194 e. The van der Waals surface area contributed by atoms with Crippen molar-refractivity contribution in [2.75, 3.05) is 0 Å². The summed E-state index contributed by atoms with van der Waals surface area (Å²) >= 11 is 1.70. The highest BCUT2D eigenvalue weighted by atomic mass is 32.1. The zero-order valence-electron chi connectivity index (χ0n) is 8.90. The second-order valence-electron chi connectivity index (χ2n) is 4.30. The van der Waals surface area contributed by atoms with E-state index in [4.69, 9.17) is 4.98 Å². The van der Waals surface area contributed by atoms with Crippen molar-refractivity contribution in [1.82, 2.24) is 9.38 Å². The first-order valence-corrected chi connectivity index (χ1v) is 6.25. The van der Waals surface area contributed by atoms with Crippen LogP contribution in [0, 0.1) is 6.92 Å². The summed E-state index contributed by atoms with van der Waals surface area (Å²) in [5.74, 6) is 0. The zero-order valence-corrected chi connectivity index (χ0v) is 9.71. The van der Waals surface area contributed by atoms with Crippen molar-refractivity contribution in [2.24, 2.45) is 0 Å². The van der Waals surface area contributed by atoms with E-state index in [0.29, 0.717) is 0 Å². The van der Waals surface area contributed by atoms with E-state index in [2.05, 4.69) is 41.1 Å². The number of hydrogen-bond acceptors (Lipinski definition) is 2. The molecule has 0 bridgehead atoms. The van der Waals surface area contributed by atoms with Gasteiger partial charge in [-0.05, 0) is 18.6 Å². The summed E-state index contributed by atoms with van der Waals surface area (Å²) in [5, 5.41) is 2.09. The number of nitrogens with zero attached hydrogens (tertiary/aromatic N) is 2.